The number of carbonyl (C=O) groups excluding carboxylic acids is 1. The molecule has 1 aromatic carbocycles. The van der Waals surface area contributed by atoms with Crippen molar-refractivity contribution in [2.45, 2.75) is 51.3 Å². The fraction of sp³-hybridized carbons (Fsp3) is 0.550. The number of rotatable bonds is 4. The lowest BCUT2D eigenvalue weighted by Crippen LogP contribution is -2.48. The molecule has 0 aromatic heterocycles. The molecule has 0 saturated heterocycles. The molecule has 2 aliphatic rings. The third-order valence-corrected chi connectivity index (χ3v) is 7.09. The second kappa shape index (κ2) is 6.36. The van der Waals surface area contributed by atoms with Crippen LogP contribution in [0.5, 0.6) is 0 Å². The molecule has 0 bridgehead atoms. The predicted octanol–water partition coefficient (Wildman–Crippen LogP) is 4.04. The van der Waals surface area contributed by atoms with Crippen LogP contribution in [0.4, 0.5) is 0 Å². The van der Waals surface area contributed by atoms with Gasteiger partial charge in [-0.05, 0) is 49.3 Å². The molecule has 5 heteroatoms. The van der Waals surface area contributed by atoms with Crippen LogP contribution in [0.3, 0.4) is 0 Å². The first-order valence-electron chi connectivity index (χ1n) is 8.82. The molecule has 0 amide bonds. The van der Waals surface area contributed by atoms with Crippen LogP contribution in [-0.4, -0.2) is 20.8 Å². The fourth-order valence-corrected chi connectivity index (χ4v) is 5.48. The minimum atomic E-state index is -3.82. The number of fused-ring (bicyclic) bond motifs is 1. The number of aryl methyl sites for hydroxylation is 1. The van der Waals surface area contributed by atoms with Crippen LogP contribution in [0.2, 0.25) is 0 Å². The molecule has 0 spiro atoms. The van der Waals surface area contributed by atoms with E-state index in [0.29, 0.717) is 6.42 Å². The van der Waals surface area contributed by atoms with Gasteiger partial charge in [0.25, 0.3) is 10.1 Å². The number of hydrogen-bond acceptors (Lipinski definition) is 4. The zero-order valence-electron chi connectivity index (χ0n) is 15.1. The van der Waals surface area contributed by atoms with E-state index >= 15 is 0 Å². The lowest BCUT2D eigenvalue weighted by Gasteiger charge is -2.52. The average molecular weight is 362 g/mol. The Balaban J connectivity index is 1.85. The van der Waals surface area contributed by atoms with E-state index in [4.69, 9.17) is 4.18 Å². The molecule has 0 heterocycles. The molecule has 0 N–H and O–H groups in total. The maximum atomic E-state index is 12.6. The monoisotopic (exact) mass is 362 g/mol. The van der Waals surface area contributed by atoms with Crippen molar-refractivity contribution in [1.29, 1.82) is 0 Å². The van der Waals surface area contributed by atoms with Crippen LogP contribution in [0, 0.1) is 23.7 Å². The van der Waals surface area contributed by atoms with Gasteiger partial charge in [-0.25, -0.2) is 0 Å². The van der Waals surface area contributed by atoms with E-state index in [2.05, 4.69) is 13.8 Å². The highest BCUT2D eigenvalue weighted by Crippen LogP contribution is 2.55. The highest BCUT2D eigenvalue weighted by Gasteiger charge is 2.51. The summed E-state index contributed by atoms with van der Waals surface area (Å²) in [7, 11) is -3.82. The van der Waals surface area contributed by atoms with Crippen molar-refractivity contribution in [3.8, 4) is 0 Å². The number of carbonyl (C=O) groups is 1. The first-order chi connectivity index (χ1) is 11.6. The molecule has 2 atom stereocenters. The molecular weight excluding hydrogens is 336 g/mol. The molecule has 0 aliphatic heterocycles. The van der Waals surface area contributed by atoms with Gasteiger partial charge in [0.05, 0.1) is 11.5 Å². The minimum Gasteiger partial charge on any atom is -0.295 e. The van der Waals surface area contributed by atoms with Crippen molar-refractivity contribution in [2.75, 3.05) is 6.61 Å². The summed E-state index contributed by atoms with van der Waals surface area (Å²) in [5, 5.41) is 0. The molecule has 1 saturated carbocycles. The topological polar surface area (TPSA) is 60.4 Å². The van der Waals surface area contributed by atoms with Gasteiger partial charge in [-0.3, -0.25) is 8.98 Å². The molecule has 0 radical (unpaired) electrons. The van der Waals surface area contributed by atoms with Crippen LogP contribution in [0.25, 0.3) is 0 Å². The van der Waals surface area contributed by atoms with E-state index in [-0.39, 0.29) is 28.6 Å². The van der Waals surface area contributed by atoms with Crippen LogP contribution in [-0.2, 0) is 19.1 Å². The Labute approximate surface area is 150 Å². The number of benzene rings is 1. The third kappa shape index (κ3) is 3.58. The van der Waals surface area contributed by atoms with Gasteiger partial charge in [0, 0.05) is 11.8 Å². The van der Waals surface area contributed by atoms with Crippen LogP contribution >= 0.6 is 0 Å². The zero-order chi connectivity index (χ0) is 18.3. The second-order valence-corrected chi connectivity index (χ2v) is 9.83. The van der Waals surface area contributed by atoms with Crippen LogP contribution < -0.4 is 0 Å². The van der Waals surface area contributed by atoms with Gasteiger partial charge >= 0.3 is 0 Å². The van der Waals surface area contributed by atoms with E-state index in [9.17, 15) is 13.2 Å². The van der Waals surface area contributed by atoms with Gasteiger partial charge in [-0.1, -0.05) is 44.0 Å². The van der Waals surface area contributed by atoms with E-state index in [1.165, 1.54) is 0 Å². The van der Waals surface area contributed by atoms with Crippen molar-refractivity contribution in [2.24, 2.45) is 16.7 Å². The Morgan fingerprint density at radius 3 is 2.52 bits per heavy atom. The summed E-state index contributed by atoms with van der Waals surface area (Å²) in [6.45, 7) is 6.36. The van der Waals surface area contributed by atoms with Gasteiger partial charge in [-0.2, -0.15) is 8.42 Å². The summed E-state index contributed by atoms with van der Waals surface area (Å²) < 4.78 is 30.6. The molecule has 0 unspecified atom stereocenters. The Morgan fingerprint density at radius 1 is 1.16 bits per heavy atom. The maximum absolute atomic E-state index is 12.6. The Kier molecular flexibility index (Phi) is 4.67. The molecule has 4 nitrogen and oxygen atoms in total. The molecular formula is C20H26O4S. The van der Waals surface area contributed by atoms with Gasteiger partial charge in [0.1, 0.15) is 0 Å². The quantitative estimate of drug-likeness (QED) is 0.759. The molecule has 1 fully saturated rings. The largest absolute Gasteiger partial charge is 0.296 e. The average Bonchev–Trinajstić information content (AvgIpc) is 2.53. The summed E-state index contributed by atoms with van der Waals surface area (Å²) >= 11 is 0. The van der Waals surface area contributed by atoms with Crippen molar-refractivity contribution in [3.63, 3.8) is 0 Å². The smallest absolute Gasteiger partial charge is 0.295 e. The van der Waals surface area contributed by atoms with Gasteiger partial charge in [-0.15, -0.1) is 0 Å². The first-order valence-corrected chi connectivity index (χ1v) is 10.2. The maximum Gasteiger partial charge on any atom is 0.296 e. The van der Waals surface area contributed by atoms with Gasteiger partial charge in [0.2, 0.25) is 0 Å². The van der Waals surface area contributed by atoms with Crippen molar-refractivity contribution in [1.82, 2.24) is 0 Å². The van der Waals surface area contributed by atoms with E-state index < -0.39 is 15.5 Å². The summed E-state index contributed by atoms with van der Waals surface area (Å²) in [6.07, 6.45) is 6.88. The Hall–Kier alpha value is -1.46. The van der Waals surface area contributed by atoms with E-state index in [1.807, 2.05) is 13.0 Å². The van der Waals surface area contributed by atoms with Crippen molar-refractivity contribution in [3.05, 3.63) is 42.0 Å². The number of hydrogen-bond donors (Lipinski definition) is 0. The van der Waals surface area contributed by atoms with Gasteiger partial charge in [0.15, 0.2) is 5.78 Å². The van der Waals surface area contributed by atoms with E-state index in [1.54, 1.807) is 30.3 Å². The van der Waals surface area contributed by atoms with E-state index in [0.717, 1.165) is 24.8 Å². The Morgan fingerprint density at radius 2 is 1.84 bits per heavy atom. The highest BCUT2D eigenvalue weighted by molar-refractivity contribution is 7.86. The molecule has 25 heavy (non-hydrogen) atoms. The fourth-order valence-electron chi connectivity index (χ4n) is 4.49. The molecule has 3 rings (SSSR count). The minimum absolute atomic E-state index is 0.0342. The number of ketones is 1. The highest BCUT2D eigenvalue weighted by atomic mass is 32.2. The van der Waals surface area contributed by atoms with Crippen LogP contribution in [0.1, 0.15) is 45.1 Å². The second-order valence-electron chi connectivity index (χ2n) is 8.21. The normalized spacial score (nSPS) is 28.6. The lowest BCUT2D eigenvalue weighted by atomic mass is 9.53. The summed E-state index contributed by atoms with van der Waals surface area (Å²) in [5.74, 6) is 0.213. The predicted molar refractivity (Wildman–Crippen MR) is 96.6 cm³/mol. The standard InChI is InChI=1S/C20H26O4S/c1-15-5-8-17(9-6-15)25(22,23)24-14-20-12-4-11-19(2,3)18(20)10-7-16(21)13-20/h5-10,18H,4,11-14H2,1-3H3/t18-,20+/m1/s1. The summed E-state index contributed by atoms with van der Waals surface area (Å²) in [5.41, 5.74) is 0.604. The summed E-state index contributed by atoms with van der Waals surface area (Å²) in [6, 6.07) is 6.65. The number of allylic oxidation sites excluding steroid dienone is 2. The zero-order valence-corrected chi connectivity index (χ0v) is 15.9. The molecule has 136 valence electrons. The lowest BCUT2D eigenvalue weighted by molar-refractivity contribution is -0.122. The van der Waals surface area contributed by atoms with Crippen molar-refractivity contribution >= 4 is 15.9 Å². The Bertz CT molecular complexity index is 789. The van der Waals surface area contributed by atoms with Gasteiger partial charge < -0.3 is 0 Å². The SMILES string of the molecule is Cc1ccc(S(=O)(=O)OC[C@@]23CCCC(C)(C)[C@H]2C=CC(=O)C3)cc1. The molecule has 1 aromatic rings. The molecule has 2 aliphatic carbocycles. The first kappa shape index (κ1) is 18.3. The van der Waals surface area contributed by atoms with Crippen LogP contribution in [0.15, 0.2) is 41.3 Å². The van der Waals surface area contributed by atoms with Crippen molar-refractivity contribution < 1.29 is 17.4 Å². The summed E-state index contributed by atoms with van der Waals surface area (Å²) in [4.78, 5) is 12.2. The third-order valence-electron chi connectivity index (χ3n) is 5.81.